The Bertz CT molecular complexity index is 2770. The van der Waals surface area contributed by atoms with Gasteiger partial charge in [-0.25, -0.2) is 4.99 Å². The van der Waals surface area contributed by atoms with Gasteiger partial charge in [-0.2, -0.15) is 0 Å². The number of phenols is 2. The van der Waals surface area contributed by atoms with E-state index in [0.29, 0.717) is 38.4 Å². The second-order valence-electron chi connectivity index (χ2n) is 21.5. The first-order valence-electron chi connectivity index (χ1n) is 25.7. The summed E-state index contributed by atoms with van der Waals surface area (Å²) in [5.41, 5.74) is -0.527. The highest BCUT2D eigenvalue weighted by Crippen LogP contribution is 2.51. The van der Waals surface area contributed by atoms with Crippen molar-refractivity contribution in [2.24, 2.45) is 51.4 Å². The summed E-state index contributed by atoms with van der Waals surface area (Å²) in [6.07, 6.45) is 14.3. The molecule has 6 aliphatic heterocycles. The molecule has 2 aromatic carbocycles. The average molecular weight is 1010 g/mol. The second-order valence-corrected chi connectivity index (χ2v) is 21.5. The summed E-state index contributed by atoms with van der Waals surface area (Å²) >= 11 is 0. The number of fused-ring (bicyclic) bond motifs is 13. The Morgan fingerprint density at radius 2 is 1.74 bits per heavy atom. The third-order valence-corrected chi connectivity index (χ3v) is 15.6. The Morgan fingerprint density at radius 3 is 2.40 bits per heavy atom. The van der Waals surface area contributed by atoms with Crippen LogP contribution in [0.2, 0.25) is 0 Å². The summed E-state index contributed by atoms with van der Waals surface area (Å²) < 4.78 is 18.5. The fraction of sp³-hybridized carbons (Fsp3) is 0.571. The van der Waals surface area contributed by atoms with Gasteiger partial charge in [0.15, 0.2) is 5.75 Å². The average Bonchev–Trinajstić information content (AvgIpc) is 3.87. The summed E-state index contributed by atoms with van der Waals surface area (Å²) in [5, 5.41) is 54.0. The Morgan fingerprint density at radius 1 is 1.03 bits per heavy atom. The number of terminal acetylenes is 1. The molecule has 5 bridgehead atoms. The number of esters is 1. The number of aromatic hydroxyl groups is 2. The predicted molar refractivity (Wildman–Crippen MR) is 276 cm³/mol. The van der Waals surface area contributed by atoms with Gasteiger partial charge in [-0.15, -0.1) is 13.0 Å². The fourth-order valence-corrected chi connectivity index (χ4v) is 11.2. The largest absolute Gasteiger partial charge is 0.507 e. The van der Waals surface area contributed by atoms with E-state index in [9.17, 15) is 34.8 Å². The third kappa shape index (κ3) is 11.1. The number of nitrogens with zero attached hydrogens (tertiary/aromatic N) is 4. The smallest absolute Gasteiger partial charge is 0.383 e. The number of likely N-dealkylation sites (tertiary alicyclic amines) is 2. The van der Waals surface area contributed by atoms with Crippen molar-refractivity contribution in [2.75, 3.05) is 51.6 Å². The van der Waals surface area contributed by atoms with Gasteiger partial charge < -0.3 is 55.1 Å². The molecule has 10 atom stereocenters. The topological polar surface area (TPSA) is 232 Å². The maximum Gasteiger partial charge on any atom is 0.383 e. The maximum atomic E-state index is 15.0. The van der Waals surface area contributed by atoms with Crippen LogP contribution in [0.15, 0.2) is 58.8 Å². The summed E-state index contributed by atoms with van der Waals surface area (Å²) in [7, 11) is 2.03. The van der Waals surface area contributed by atoms with Crippen molar-refractivity contribution in [1.82, 2.24) is 15.1 Å². The van der Waals surface area contributed by atoms with Gasteiger partial charge >= 0.3 is 11.8 Å². The van der Waals surface area contributed by atoms with E-state index in [4.69, 9.17) is 25.6 Å². The van der Waals surface area contributed by atoms with Gasteiger partial charge in [0, 0.05) is 91.7 Å². The first kappa shape index (κ1) is 54.7. The van der Waals surface area contributed by atoms with Crippen molar-refractivity contribution >= 4 is 40.0 Å². The number of aliphatic hydroxyl groups excluding tert-OH is 2. The number of nitrogens with one attached hydrogen (secondary N) is 2. The van der Waals surface area contributed by atoms with Gasteiger partial charge in [0.25, 0.3) is 11.7 Å². The number of anilines is 1. The third-order valence-electron chi connectivity index (χ3n) is 15.6. The number of carbonyl (C=O) groups excluding carboxylic acids is 4. The first-order chi connectivity index (χ1) is 34.5. The molecule has 73 heavy (non-hydrogen) atoms. The molecule has 2 fully saturated rings. The molecule has 2 aromatic rings. The number of carbonyl (C=O) groups is 4. The number of ether oxygens (including phenoxy) is 3. The summed E-state index contributed by atoms with van der Waals surface area (Å²) in [5.74, 6) is -6.78. The normalized spacial score (nSPS) is 31.5. The van der Waals surface area contributed by atoms with E-state index in [1.165, 1.54) is 19.3 Å². The summed E-state index contributed by atoms with van der Waals surface area (Å²) in [4.78, 5) is 69.9. The highest BCUT2D eigenvalue weighted by molar-refractivity contribution is 6.22. The quantitative estimate of drug-likeness (QED) is 0.0674. The number of hydrogen-bond acceptors (Lipinski definition) is 15. The second kappa shape index (κ2) is 22.2. The molecule has 6 heterocycles. The predicted octanol–water partition coefficient (Wildman–Crippen LogP) is 4.98. The van der Waals surface area contributed by atoms with Gasteiger partial charge in [-0.3, -0.25) is 24.2 Å². The van der Waals surface area contributed by atoms with Crippen LogP contribution < -0.4 is 26.1 Å². The molecule has 0 saturated carbocycles. The number of benzene rings is 2. The van der Waals surface area contributed by atoms with E-state index in [0.717, 1.165) is 32.5 Å². The van der Waals surface area contributed by atoms with Crippen LogP contribution in [0.3, 0.4) is 0 Å². The molecule has 1 unspecified atom stereocenters. The summed E-state index contributed by atoms with van der Waals surface area (Å²) in [6.45, 7) is 22.8. The number of aliphatic hydroxyl groups is 2. The number of Topliss-reactive ketones (excluding diaryl/α,β-unsaturated/α-hetero) is 1. The molecule has 17 heteroatoms. The van der Waals surface area contributed by atoms with E-state index >= 15 is 4.79 Å². The monoisotopic (exact) mass is 1010 g/mol. The SMILES string of the molecule is C#C[C@@]12O/C=C/[C@H](C=C)[C@@H](C)[C@@H](OC(=O)CC(=O)NCC3CCCN(C)C3)[C@H](C)[C@H](O)[C@H](C)[C@@H](O)[C@@H](C)/C=C/C=C(/C)C(=O)N=c3c(O)c4c(O)c(C)c(c(c4c4c3=NC3(CCN(CC(C)C)CC3)N4)C1=O)O2. The first-order valence-corrected chi connectivity index (χ1v) is 25.7. The Balaban J connectivity index is 1.30. The van der Waals surface area contributed by atoms with Crippen molar-refractivity contribution in [3.8, 4) is 29.6 Å². The molecule has 0 aliphatic carbocycles. The lowest BCUT2D eigenvalue weighted by Crippen LogP contribution is -2.47. The lowest BCUT2D eigenvalue weighted by atomic mass is 9.76. The number of ketones is 1. The number of piperidine rings is 2. The molecular formula is C56H74N6O11. The minimum atomic E-state index is -2.42. The molecule has 2 saturated heterocycles. The molecule has 0 radical (unpaired) electrons. The lowest BCUT2D eigenvalue weighted by molar-refractivity contribution is -0.162. The number of rotatable bonds is 8. The Kier molecular flexibility index (Phi) is 16.6. The van der Waals surface area contributed by atoms with Crippen LogP contribution >= 0.6 is 0 Å². The zero-order chi connectivity index (χ0) is 53.3. The van der Waals surface area contributed by atoms with Crippen LogP contribution in [0, 0.1) is 60.7 Å². The maximum absolute atomic E-state index is 15.0. The zero-order valence-electron chi connectivity index (χ0n) is 43.7. The molecule has 8 rings (SSSR count). The Hall–Kier alpha value is -6.06. The summed E-state index contributed by atoms with van der Waals surface area (Å²) in [6, 6.07) is 0. The van der Waals surface area contributed by atoms with Crippen LogP contribution in [-0.4, -0.2) is 130 Å². The van der Waals surface area contributed by atoms with Crippen LogP contribution in [0.5, 0.6) is 17.2 Å². The molecule has 0 aromatic heterocycles. The van der Waals surface area contributed by atoms with Crippen LogP contribution in [0.1, 0.15) is 96.5 Å². The molecule has 394 valence electrons. The molecule has 2 amide bonds. The number of hydrogen-bond donors (Lipinski definition) is 6. The van der Waals surface area contributed by atoms with Crippen molar-refractivity contribution in [2.45, 2.75) is 117 Å². The zero-order valence-corrected chi connectivity index (χ0v) is 43.7. The molecular weight excluding hydrogens is 933 g/mol. The molecule has 6 aliphatic rings. The van der Waals surface area contributed by atoms with Crippen molar-refractivity contribution in [3.63, 3.8) is 0 Å². The van der Waals surface area contributed by atoms with Crippen molar-refractivity contribution in [3.05, 3.63) is 70.6 Å². The van der Waals surface area contributed by atoms with E-state index in [2.05, 4.69) is 51.8 Å². The Labute approximate surface area is 428 Å². The highest BCUT2D eigenvalue weighted by atomic mass is 16.7. The standard InChI is InChI=1S/C56H74N6O11/c1-12-38-19-25-71-56(13-2)53(69)43-41-42(49(67)36(10)52(43)73-56)50(68)46(45-44(41)59-55(60-45)20-23-62(24-21-55)28-30(3)4)58-54(70)32(6)17-14-16-31(5)47(65)34(8)48(66)35(9)51(33(38)7)72-40(64)26-39(63)57-27-37-18-15-22-61(11)29-37/h2,12,14,16-17,19,25,30-31,33-35,37-38,47-48,51,59,65-68H,1,15,18,20-24,26-29H2,3-11H3,(H,57,63)/b16-14+,25-19+,32-17-,58-46?/t31-,33+,34+,35+,37?,38-,47-,48+,51+,56-/m0/s1. The molecule has 1 spiro atoms. The highest BCUT2D eigenvalue weighted by Gasteiger charge is 2.53. The lowest BCUT2D eigenvalue weighted by Gasteiger charge is -2.38. The molecule has 17 nitrogen and oxygen atoms in total. The molecule has 6 N–H and O–H groups in total. The van der Waals surface area contributed by atoms with Gasteiger partial charge in [0.1, 0.15) is 40.4 Å². The van der Waals surface area contributed by atoms with E-state index in [1.54, 1.807) is 58.9 Å². The number of allylic oxidation sites excluding steroid dienone is 4. The number of amides is 2. The van der Waals surface area contributed by atoms with Crippen LogP contribution in [0.4, 0.5) is 5.69 Å². The van der Waals surface area contributed by atoms with Gasteiger partial charge in [0.05, 0.1) is 35.1 Å². The van der Waals surface area contributed by atoms with E-state index in [1.807, 2.05) is 7.05 Å². The van der Waals surface area contributed by atoms with Crippen LogP contribution in [-0.2, 0) is 23.9 Å². The van der Waals surface area contributed by atoms with Crippen molar-refractivity contribution < 1.29 is 53.8 Å². The van der Waals surface area contributed by atoms with E-state index in [-0.39, 0.29) is 55.5 Å². The minimum absolute atomic E-state index is 0.0575. The van der Waals surface area contributed by atoms with Crippen LogP contribution in [0.25, 0.3) is 10.8 Å². The van der Waals surface area contributed by atoms with Gasteiger partial charge in [-0.1, -0.05) is 65.8 Å². The van der Waals surface area contributed by atoms with E-state index < -0.39 is 101 Å². The van der Waals surface area contributed by atoms with Gasteiger partial charge in [-0.05, 0) is 64.1 Å². The minimum Gasteiger partial charge on any atom is -0.507 e. The fourth-order valence-electron chi connectivity index (χ4n) is 11.2. The van der Waals surface area contributed by atoms with Crippen molar-refractivity contribution in [1.29, 1.82) is 0 Å². The number of phenolic OH excluding ortho intramolecular Hbond substituents is 2. The van der Waals surface area contributed by atoms with Gasteiger partial charge in [0.2, 0.25) is 5.91 Å².